The maximum Gasteiger partial charge on any atom is 0.472 e. The van der Waals surface area contributed by atoms with Crippen LogP contribution in [0.15, 0.2) is 72.9 Å². The van der Waals surface area contributed by atoms with Crippen LogP contribution in [0.1, 0.15) is 200 Å². The third-order valence-electron chi connectivity index (χ3n) is 10.5. The molecule has 0 saturated heterocycles. The smallest absolute Gasteiger partial charge is 0.457 e. The first-order valence-corrected chi connectivity index (χ1v) is 26.7. The van der Waals surface area contributed by atoms with Crippen molar-refractivity contribution in [3.63, 3.8) is 0 Å². The average Bonchev–Trinajstić information content (AvgIpc) is 3.23. The number of quaternary nitrogens is 1. The number of allylic oxidation sites excluding steroid dienone is 12. The number of rotatable bonds is 46. The van der Waals surface area contributed by atoms with E-state index in [0.717, 1.165) is 77.0 Å². The van der Waals surface area contributed by atoms with E-state index in [0.29, 0.717) is 24.1 Å². The lowest BCUT2D eigenvalue weighted by Crippen LogP contribution is -2.37. The van der Waals surface area contributed by atoms with Crippen molar-refractivity contribution in [1.29, 1.82) is 0 Å². The Bertz CT molecular complexity index is 1220. The number of esters is 1. The van der Waals surface area contributed by atoms with Gasteiger partial charge in [-0.05, 0) is 83.5 Å². The molecule has 9 heteroatoms. The molecule has 0 fully saturated rings. The monoisotopic (exact) mass is 891 g/mol. The largest absolute Gasteiger partial charge is 0.472 e. The molecule has 360 valence electrons. The number of phosphoric ester groups is 1. The molecule has 0 rings (SSSR count). The van der Waals surface area contributed by atoms with Crippen molar-refractivity contribution in [3.8, 4) is 0 Å². The zero-order chi connectivity index (χ0) is 45.5. The second kappa shape index (κ2) is 45.5. The third-order valence-corrected chi connectivity index (χ3v) is 11.5. The van der Waals surface area contributed by atoms with Crippen LogP contribution in [0.2, 0.25) is 0 Å². The number of hydrogen-bond acceptors (Lipinski definition) is 6. The van der Waals surface area contributed by atoms with Crippen LogP contribution in [-0.4, -0.2) is 75.6 Å². The van der Waals surface area contributed by atoms with Gasteiger partial charge in [0, 0.05) is 13.0 Å². The lowest BCUT2D eigenvalue weighted by Gasteiger charge is -2.24. The molecule has 0 aromatic rings. The molecular formula is C53H97NO7P+. The summed E-state index contributed by atoms with van der Waals surface area (Å²) >= 11 is 0. The van der Waals surface area contributed by atoms with Gasteiger partial charge in [0.2, 0.25) is 0 Å². The van der Waals surface area contributed by atoms with Gasteiger partial charge in [-0.3, -0.25) is 13.8 Å². The highest BCUT2D eigenvalue weighted by molar-refractivity contribution is 7.47. The van der Waals surface area contributed by atoms with Gasteiger partial charge in [-0.1, -0.05) is 183 Å². The number of unbranched alkanes of at least 4 members (excludes halogenated alkanes) is 20. The molecule has 0 radical (unpaired) electrons. The van der Waals surface area contributed by atoms with Crippen molar-refractivity contribution < 1.29 is 37.3 Å². The first-order chi connectivity index (χ1) is 30.1. The number of nitrogens with zero attached hydrogens (tertiary/aromatic N) is 1. The molecule has 8 nitrogen and oxygen atoms in total. The summed E-state index contributed by atoms with van der Waals surface area (Å²) in [5.74, 6) is -0.326. The summed E-state index contributed by atoms with van der Waals surface area (Å²) in [4.78, 5) is 22.9. The van der Waals surface area contributed by atoms with Gasteiger partial charge in [-0.15, -0.1) is 0 Å². The molecule has 0 aliphatic heterocycles. The highest BCUT2D eigenvalue weighted by Crippen LogP contribution is 2.43. The molecular weight excluding hydrogens is 794 g/mol. The molecule has 0 aliphatic carbocycles. The quantitative estimate of drug-likeness (QED) is 0.0214. The van der Waals surface area contributed by atoms with Gasteiger partial charge >= 0.3 is 13.8 Å². The van der Waals surface area contributed by atoms with E-state index >= 15 is 0 Å². The summed E-state index contributed by atoms with van der Waals surface area (Å²) in [6.07, 6.45) is 59.5. The minimum absolute atomic E-state index is 0.0834. The number of carbonyl (C=O) groups excluding carboxylic acids is 1. The van der Waals surface area contributed by atoms with Crippen molar-refractivity contribution in [1.82, 2.24) is 0 Å². The highest BCUT2D eigenvalue weighted by atomic mass is 31.2. The third kappa shape index (κ3) is 49.0. The number of carbonyl (C=O) groups is 1. The first-order valence-electron chi connectivity index (χ1n) is 25.2. The van der Waals surface area contributed by atoms with Gasteiger partial charge in [0.25, 0.3) is 0 Å². The SMILES string of the molecule is CC/C=C\C/C=C\C/C=C\C/C=C\C/C=C\CCCCCCCCCCCCOCC(COP(=O)(O)OCC[N+](C)(C)C)OC(=O)CCCCCCC/C=C\CCCCCCC. The lowest BCUT2D eigenvalue weighted by molar-refractivity contribution is -0.870. The lowest BCUT2D eigenvalue weighted by atomic mass is 10.1. The predicted molar refractivity (Wildman–Crippen MR) is 265 cm³/mol. The standard InChI is InChI=1S/C53H96NO7P/c1-6-8-10-12-14-16-18-20-22-23-24-25-26-27-28-29-30-31-32-33-35-37-39-41-43-45-48-58-50-52(51-60-62(56,57)59-49-47-54(3,4)5)61-53(55)46-44-42-40-38-36-34-21-19-17-15-13-11-9-7-2/h8,10,14,16,19-22,24-25,27-28,52H,6-7,9,11-13,15,17-18,23,26,29-51H2,1-5H3/p+1/b10-8-,16-14-,21-19-,22-20-,25-24-,28-27-. The second-order valence-corrected chi connectivity index (χ2v) is 19.3. The van der Waals surface area contributed by atoms with Crippen molar-refractivity contribution in [2.24, 2.45) is 0 Å². The zero-order valence-electron chi connectivity index (χ0n) is 40.8. The Kier molecular flexibility index (Phi) is 44.0. The fraction of sp³-hybridized carbons (Fsp3) is 0.755. The van der Waals surface area contributed by atoms with Gasteiger partial charge in [0.15, 0.2) is 0 Å². The molecule has 0 heterocycles. The summed E-state index contributed by atoms with van der Waals surface area (Å²) in [7, 11) is 1.65. The van der Waals surface area contributed by atoms with E-state index in [4.69, 9.17) is 18.5 Å². The van der Waals surface area contributed by atoms with Gasteiger partial charge in [0.05, 0.1) is 34.4 Å². The van der Waals surface area contributed by atoms with Crippen LogP contribution in [-0.2, 0) is 27.9 Å². The minimum atomic E-state index is -4.28. The van der Waals surface area contributed by atoms with Crippen LogP contribution >= 0.6 is 7.82 Å². The molecule has 0 aromatic carbocycles. The molecule has 0 spiro atoms. The van der Waals surface area contributed by atoms with Crippen LogP contribution in [0.25, 0.3) is 0 Å². The normalized spacial score (nSPS) is 14.2. The summed E-state index contributed by atoms with van der Waals surface area (Å²) < 4.78 is 35.1. The number of hydrogen-bond donors (Lipinski definition) is 1. The molecule has 0 aliphatic rings. The highest BCUT2D eigenvalue weighted by Gasteiger charge is 2.26. The Hall–Kier alpha value is -2.06. The predicted octanol–water partition coefficient (Wildman–Crippen LogP) is 15.4. The Morgan fingerprint density at radius 2 is 0.935 bits per heavy atom. The minimum Gasteiger partial charge on any atom is -0.457 e. The van der Waals surface area contributed by atoms with Gasteiger partial charge < -0.3 is 18.9 Å². The zero-order valence-corrected chi connectivity index (χ0v) is 41.7. The average molecular weight is 891 g/mol. The maximum absolute atomic E-state index is 12.7. The summed E-state index contributed by atoms with van der Waals surface area (Å²) in [5.41, 5.74) is 0. The van der Waals surface area contributed by atoms with Crippen LogP contribution in [0.5, 0.6) is 0 Å². The molecule has 0 amide bonds. The Morgan fingerprint density at radius 3 is 1.42 bits per heavy atom. The van der Waals surface area contributed by atoms with E-state index in [-0.39, 0.29) is 25.8 Å². The van der Waals surface area contributed by atoms with Crippen LogP contribution < -0.4 is 0 Å². The first kappa shape index (κ1) is 59.9. The van der Waals surface area contributed by atoms with E-state index in [1.165, 1.54) is 103 Å². The number of likely N-dealkylation sites (N-methyl/N-ethyl adjacent to an activating group) is 1. The van der Waals surface area contributed by atoms with Crippen molar-refractivity contribution in [3.05, 3.63) is 72.9 Å². The number of phosphoric acid groups is 1. The molecule has 0 saturated carbocycles. The van der Waals surface area contributed by atoms with Gasteiger partial charge in [-0.25, -0.2) is 4.57 Å². The van der Waals surface area contributed by atoms with Crippen LogP contribution in [0.4, 0.5) is 0 Å². The maximum atomic E-state index is 12.7. The summed E-state index contributed by atoms with van der Waals surface area (Å²) in [6.45, 7) is 5.48. The van der Waals surface area contributed by atoms with Gasteiger partial charge in [0.1, 0.15) is 19.3 Å². The van der Waals surface area contributed by atoms with Crippen molar-refractivity contribution in [2.45, 2.75) is 206 Å². The van der Waals surface area contributed by atoms with Crippen molar-refractivity contribution in [2.75, 3.05) is 54.1 Å². The fourth-order valence-corrected chi connectivity index (χ4v) is 7.37. The Balaban J connectivity index is 4.13. The van der Waals surface area contributed by atoms with Gasteiger partial charge in [-0.2, -0.15) is 0 Å². The van der Waals surface area contributed by atoms with E-state index in [1.807, 2.05) is 21.1 Å². The van der Waals surface area contributed by atoms with Crippen LogP contribution in [0.3, 0.4) is 0 Å². The fourth-order valence-electron chi connectivity index (χ4n) is 6.63. The van der Waals surface area contributed by atoms with E-state index in [9.17, 15) is 14.3 Å². The molecule has 0 bridgehead atoms. The molecule has 2 unspecified atom stereocenters. The molecule has 2 atom stereocenters. The van der Waals surface area contributed by atoms with E-state index in [2.05, 4.69) is 86.8 Å². The Morgan fingerprint density at radius 1 is 0.516 bits per heavy atom. The second-order valence-electron chi connectivity index (χ2n) is 17.8. The molecule has 1 N–H and O–H groups in total. The molecule has 0 aromatic heterocycles. The topological polar surface area (TPSA) is 91.3 Å². The van der Waals surface area contributed by atoms with E-state index in [1.54, 1.807) is 0 Å². The summed E-state index contributed by atoms with van der Waals surface area (Å²) in [5, 5.41) is 0. The Labute approximate surface area is 383 Å². The van der Waals surface area contributed by atoms with E-state index < -0.39 is 13.9 Å². The van der Waals surface area contributed by atoms with Crippen molar-refractivity contribution >= 4 is 13.8 Å². The summed E-state index contributed by atoms with van der Waals surface area (Å²) in [6, 6.07) is 0. The molecule has 62 heavy (non-hydrogen) atoms. The number of ether oxygens (including phenoxy) is 2. The van der Waals surface area contributed by atoms with Crippen LogP contribution in [0, 0.1) is 0 Å².